The summed E-state index contributed by atoms with van der Waals surface area (Å²) in [7, 11) is 0. The van der Waals surface area contributed by atoms with Gasteiger partial charge in [-0.2, -0.15) is 0 Å². The maximum atomic E-state index is 4.13. The summed E-state index contributed by atoms with van der Waals surface area (Å²) in [5, 5.41) is 11.5. The molecule has 3 heterocycles. The van der Waals surface area contributed by atoms with Crippen LogP contribution in [0.3, 0.4) is 0 Å². The molecule has 76 valence electrons. The molecule has 0 spiro atoms. The van der Waals surface area contributed by atoms with Crippen LogP contribution in [0.4, 0.5) is 0 Å². The number of hydrogen-bond donors (Lipinski definition) is 1. The van der Waals surface area contributed by atoms with E-state index in [0.29, 0.717) is 6.04 Å². The molecule has 2 aliphatic heterocycles. The van der Waals surface area contributed by atoms with Crippen molar-refractivity contribution >= 4 is 0 Å². The Labute approximate surface area is 83.1 Å². The molecule has 1 unspecified atom stereocenters. The topological polar surface area (TPSA) is 46.0 Å². The molecule has 0 saturated carbocycles. The van der Waals surface area contributed by atoms with E-state index in [2.05, 4.69) is 25.0 Å². The third kappa shape index (κ3) is 1.33. The van der Waals surface area contributed by atoms with E-state index in [1.807, 2.05) is 6.33 Å². The van der Waals surface area contributed by atoms with Gasteiger partial charge >= 0.3 is 0 Å². The van der Waals surface area contributed by atoms with E-state index in [-0.39, 0.29) is 0 Å². The smallest absolute Gasteiger partial charge is 0.147 e. The van der Waals surface area contributed by atoms with Gasteiger partial charge in [-0.3, -0.25) is 4.90 Å². The summed E-state index contributed by atoms with van der Waals surface area (Å²) in [6, 6.07) is 0.709. The molecule has 1 atom stereocenters. The molecular weight excluding hydrogens is 178 g/mol. The maximum Gasteiger partial charge on any atom is 0.147 e. The molecule has 0 bridgehead atoms. The lowest BCUT2D eigenvalue weighted by Crippen LogP contribution is -2.42. The molecule has 3 rings (SSSR count). The fraction of sp³-hybridized carbons (Fsp3) is 0.778. The Morgan fingerprint density at radius 3 is 3.29 bits per heavy atom. The first-order valence-corrected chi connectivity index (χ1v) is 5.25. The minimum absolute atomic E-state index is 0.709. The van der Waals surface area contributed by atoms with E-state index in [1.165, 1.54) is 6.42 Å². The first kappa shape index (κ1) is 8.38. The number of nitrogens with one attached hydrogen (secondary N) is 1. The van der Waals surface area contributed by atoms with Crippen molar-refractivity contribution in [3.63, 3.8) is 0 Å². The van der Waals surface area contributed by atoms with Crippen molar-refractivity contribution in [1.82, 2.24) is 25.0 Å². The predicted octanol–water partition coefficient (Wildman–Crippen LogP) is -0.544. The van der Waals surface area contributed by atoms with E-state index >= 15 is 0 Å². The number of hydrogen-bond acceptors (Lipinski definition) is 4. The van der Waals surface area contributed by atoms with Gasteiger partial charge in [0, 0.05) is 25.7 Å². The van der Waals surface area contributed by atoms with Crippen LogP contribution >= 0.6 is 0 Å². The van der Waals surface area contributed by atoms with E-state index in [0.717, 1.165) is 38.5 Å². The molecule has 0 radical (unpaired) electrons. The largest absolute Gasteiger partial charge is 0.315 e. The van der Waals surface area contributed by atoms with E-state index in [4.69, 9.17) is 0 Å². The van der Waals surface area contributed by atoms with Crippen LogP contribution in [0.2, 0.25) is 0 Å². The average molecular weight is 193 g/mol. The highest BCUT2D eigenvalue weighted by Crippen LogP contribution is 2.15. The summed E-state index contributed by atoms with van der Waals surface area (Å²) >= 11 is 0. The molecule has 14 heavy (non-hydrogen) atoms. The van der Waals surface area contributed by atoms with Gasteiger partial charge in [0.05, 0.1) is 6.54 Å². The monoisotopic (exact) mass is 193 g/mol. The summed E-state index contributed by atoms with van der Waals surface area (Å²) in [6.45, 7) is 5.44. The molecule has 1 fully saturated rings. The van der Waals surface area contributed by atoms with E-state index in [9.17, 15) is 0 Å². The molecular formula is C9H15N5. The standard InChI is InChI=1S/C9H15N5/c1-2-10-5-8(1)13-3-4-14-7-11-12-9(14)6-13/h7-8,10H,1-6H2. The van der Waals surface area contributed by atoms with Gasteiger partial charge in [0.1, 0.15) is 12.2 Å². The van der Waals surface area contributed by atoms with Gasteiger partial charge in [-0.1, -0.05) is 0 Å². The molecule has 2 aliphatic rings. The van der Waals surface area contributed by atoms with Crippen LogP contribution in [0.15, 0.2) is 6.33 Å². The predicted molar refractivity (Wildman–Crippen MR) is 51.7 cm³/mol. The van der Waals surface area contributed by atoms with Gasteiger partial charge in [0.2, 0.25) is 0 Å². The Bertz CT molecular complexity index is 315. The van der Waals surface area contributed by atoms with E-state index in [1.54, 1.807) is 0 Å². The lowest BCUT2D eigenvalue weighted by atomic mass is 10.2. The highest BCUT2D eigenvalue weighted by atomic mass is 15.3. The second-order valence-electron chi connectivity index (χ2n) is 4.06. The molecule has 0 amide bonds. The molecule has 0 aromatic carbocycles. The summed E-state index contributed by atoms with van der Waals surface area (Å²) < 4.78 is 2.15. The minimum Gasteiger partial charge on any atom is -0.315 e. The van der Waals surface area contributed by atoms with Crippen LogP contribution in [0.1, 0.15) is 12.2 Å². The van der Waals surface area contributed by atoms with Crippen LogP contribution in [0.25, 0.3) is 0 Å². The Kier molecular flexibility index (Phi) is 1.99. The fourth-order valence-corrected chi connectivity index (χ4v) is 2.35. The average Bonchev–Trinajstić information content (AvgIpc) is 2.88. The number of nitrogens with zero attached hydrogens (tertiary/aromatic N) is 4. The third-order valence-corrected chi connectivity index (χ3v) is 3.22. The van der Waals surface area contributed by atoms with E-state index < -0.39 is 0 Å². The first-order valence-electron chi connectivity index (χ1n) is 5.25. The number of rotatable bonds is 1. The van der Waals surface area contributed by atoms with Crippen LogP contribution in [-0.4, -0.2) is 45.3 Å². The number of aromatic nitrogens is 3. The highest BCUT2D eigenvalue weighted by molar-refractivity contribution is 4.93. The second-order valence-corrected chi connectivity index (χ2v) is 4.06. The van der Waals surface area contributed by atoms with Crippen LogP contribution in [-0.2, 0) is 13.1 Å². The highest BCUT2D eigenvalue weighted by Gasteiger charge is 2.26. The summed E-state index contributed by atoms with van der Waals surface area (Å²) in [5.41, 5.74) is 0. The zero-order valence-corrected chi connectivity index (χ0v) is 8.19. The van der Waals surface area contributed by atoms with Crippen molar-refractivity contribution in [2.75, 3.05) is 19.6 Å². The second kappa shape index (κ2) is 3.33. The molecule has 1 aromatic heterocycles. The number of fused-ring (bicyclic) bond motifs is 1. The normalized spacial score (nSPS) is 27.9. The van der Waals surface area contributed by atoms with Crippen molar-refractivity contribution in [3.8, 4) is 0 Å². The fourth-order valence-electron chi connectivity index (χ4n) is 2.35. The van der Waals surface area contributed by atoms with Crippen molar-refractivity contribution < 1.29 is 0 Å². The Balaban J connectivity index is 1.74. The van der Waals surface area contributed by atoms with Gasteiger partial charge in [0.15, 0.2) is 0 Å². The molecule has 0 aliphatic carbocycles. The first-order chi connectivity index (χ1) is 6.93. The van der Waals surface area contributed by atoms with Crippen molar-refractivity contribution in [2.24, 2.45) is 0 Å². The molecule has 5 heteroatoms. The van der Waals surface area contributed by atoms with Gasteiger partial charge in [-0.05, 0) is 13.0 Å². The Morgan fingerprint density at radius 2 is 2.43 bits per heavy atom. The zero-order chi connectivity index (χ0) is 9.38. The van der Waals surface area contributed by atoms with Gasteiger partial charge < -0.3 is 9.88 Å². The quantitative estimate of drug-likeness (QED) is 0.650. The SMILES string of the molecule is c1nnc2n1CCN(C1CCNC1)C2. The van der Waals surface area contributed by atoms with Crippen molar-refractivity contribution in [1.29, 1.82) is 0 Å². The van der Waals surface area contributed by atoms with Crippen LogP contribution in [0.5, 0.6) is 0 Å². The van der Waals surface area contributed by atoms with Crippen molar-refractivity contribution in [3.05, 3.63) is 12.2 Å². The van der Waals surface area contributed by atoms with Gasteiger partial charge in [-0.15, -0.1) is 10.2 Å². The molecule has 5 nitrogen and oxygen atoms in total. The summed E-state index contributed by atoms with van der Waals surface area (Å²) in [4.78, 5) is 2.52. The van der Waals surface area contributed by atoms with Crippen LogP contribution < -0.4 is 5.32 Å². The van der Waals surface area contributed by atoms with Crippen molar-refractivity contribution in [2.45, 2.75) is 25.6 Å². The Hall–Kier alpha value is -0.940. The van der Waals surface area contributed by atoms with Gasteiger partial charge in [0.25, 0.3) is 0 Å². The minimum atomic E-state index is 0.709. The Morgan fingerprint density at radius 1 is 1.43 bits per heavy atom. The molecule has 1 saturated heterocycles. The maximum absolute atomic E-state index is 4.13. The summed E-state index contributed by atoms with van der Waals surface area (Å²) in [5.74, 6) is 1.11. The lowest BCUT2D eigenvalue weighted by molar-refractivity contribution is 0.162. The van der Waals surface area contributed by atoms with Crippen LogP contribution in [0, 0.1) is 0 Å². The van der Waals surface area contributed by atoms with Gasteiger partial charge in [-0.25, -0.2) is 0 Å². The lowest BCUT2D eigenvalue weighted by Gasteiger charge is -2.31. The third-order valence-electron chi connectivity index (χ3n) is 3.22. The molecule has 1 aromatic rings. The molecule has 1 N–H and O–H groups in total. The zero-order valence-electron chi connectivity index (χ0n) is 8.19. The summed E-state index contributed by atoms with van der Waals surface area (Å²) in [6.07, 6.45) is 3.10.